The Labute approximate surface area is 88.5 Å². The second kappa shape index (κ2) is 4.91. The van der Waals surface area contributed by atoms with Crippen molar-refractivity contribution in [1.29, 1.82) is 0 Å². The molecule has 0 aliphatic rings. The summed E-state index contributed by atoms with van der Waals surface area (Å²) in [5.41, 5.74) is 8.40. The van der Waals surface area contributed by atoms with E-state index in [1.165, 1.54) is 12.0 Å². The summed E-state index contributed by atoms with van der Waals surface area (Å²) < 4.78 is 5.23. The van der Waals surface area contributed by atoms with Gasteiger partial charge in [-0.2, -0.15) is 0 Å². The van der Waals surface area contributed by atoms with Crippen molar-refractivity contribution in [2.75, 3.05) is 19.6 Å². The molecule has 0 spiro atoms. The van der Waals surface area contributed by atoms with Crippen LogP contribution in [0.3, 0.4) is 0 Å². The van der Waals surface area contributed by atoms with Gasteiger partial charge in [0, 0.05) is 13.1 Å². The molecule has 1 aromatic carbocycles. The van der Waals surface area contributed by atoms with Crippen LogP contribution in [0.1, 0.15) is 5.56 Å². The van der Waals surface area contributed by atoms with Crippen LogP contribution in [0.25, 0.3) is 11.1 Å². The van der Waals surface area contributed by atoms with E-state index < -0.39 is 0 Å². The molecule has 0 bridgehead atoms. The van der Waals surface area contributed by atoms with Gasteiger partial charge in [-0.1, -0.05) is 6.07 Å². The van der Waals surface area contributed by atoms with E-state index in [0.717, 1.165) is 30.6 Å². The van der Waals surface area contributed by atoms with Gasteiger partial charge in [-0.25, -0.2) is 4.98 Å². The van der Waals surface area contributed by atoms with Crippen molar-refractivity contribution < 1.29 is 4.42 Å². The highest BCUT2D eigenvalue weighted by atomic mass is 16.3. The summed E-state index contributed by atoms with van der Waals surface area (Å²) in [5, 5.41) is 3.25. The third kappa shape index (κ3) is 2.55. The van der Waals surface area contributed by atoms with Gasteiger partial charge in [0.25, 0.3) is 0 Å². The van der Waals surface area contributed by atoms with Gasteiger partial charge in [0.05, 0.1) is 0 Å². The third-order valence-corrected chi connectivity index (χ3v) is 2.31. The minimum Gasteiger partial charge on any atom is -0.443 e. The first-order chi connectivity index (χ1) is 7.40. The zero-order chi connectivity index (χ0) is 10.5. The van der Waals surface area contributed by atoms with Crippen molar-refractivity contribution in [3.63, 3.8) is 0 Å². The molecule has 0 atom stereocenters. The number of rotatable bonds is 5. The monoisotopic (exact) mass is 205 g/mol. The molecule has 4 nitrogen and oxygen atoms in total. The molecule has 0 saturated carbocycles. The highest BCUT2D eigenvalue weighted by molar-refractivity contribution is 5.72. The molecule has 0 aliphatic carbocycles. The Balaban J connectivity index is 1.96. The Hall–Kier alpha value is -1.39. The Kier molecular flexibility index (Phi) is 3.32. The number of oxazole rings is 1. The topological polar surface area (TPSA) is 64.1 Å². The second-order valence-corrected chi connectivity index (χ2v) is 3.44. The first-order valence-electron chi connectivity index (χ1n) is 5.13. The Morgan fingerprint density at radius 2 is 2.27 bits per heavy atom. The van der Waals surface area contributed by atoms with Crippen LogP contribution in [-0.4, -0.2) is 24.6 Å². The predicted octanol–water partition coefficient (Wildman–Crippen LogP) is 0.919. The minimum absolute atomic E-state index is 0.682. The molecule has 1 aromatic heterocycles. The van der Waals surface area contributed by atoms with Gasteiger partial charge >= 0.3 is 0 Å². The molecular weight excluding hydrogens is 190 g/mol. The Bertz CT molecular complexity index is 424. The number of benzene rings is 1. The summed E-state index contributed by atoms with van der Waals surface area (Å²) in [6, 6.07) is 6.10. The maximum absolute atomic E-state index is 5.38. The van der Waals surface area contributed by atoms with Gasteiger partial charge in [0.1, 0.15) is 5.52 Å². The molecule has 80 valence electrons. The van der Waals surface area contributed by atoms with Crippen molar-refractivity contribution in [2.45, 2.75) is 6.42 Å². The van der Waals surface area contributed by atoms with Crippen LogP contribution in [0.4, 0.5) is 0 Å². The fourth-order valence-electron chi connectivity index (χ4n) is 1.51. The molecular formula is C11H15N3O. The van der Waals surface area contributed by atoms with Crippen LogP contribution in [0, 0.1) is 0 Å². The van der Waals surface area contributed by atoms with E-state index in [1.54, 1.807) is 0 Å². The molecule has 0 aliphatic heterocycles. The minimum atomic E-state index is 0.682. The zero-order valence-corrected chi connectivity index (χ0v) is 8.57. The van der Waals surface area contributed by atoms with Crippen molar-refractivity contribution in [2.24, 2.45) is 5.73 Å². The average molecular weight is 205 g/mol. The van der Waals surface area contributed by atoms with Gasteiger partial charge in [-0.3, -0.25) is 0 Å². The normalized spacial score (nSPS) is 11.0. The van der Waals surface area contributed by atoms with E-state index in [4.69, 9.17) is 10.2 Å². The first-order valence-corrected chi connectivity index (χ1v) is 5.13. The van der Waals surface area contributed by atoms with Crippen molar-refractivity contribution in [1.82, 2.24) is 10.3 Å². The molecule has 15 heavy (non-hydrogen) atoms. The molecule has 1 heterocycles. The maximum atomic E-state index is 5.38. The second-order valence-electron chi connectivity index (χ2n) is 3.44. The van der Waals surface area contributed by atoms with Gasteiger partial charge in [-0.05, 0) is 30.7 Å². The van der Waals surface area contributed by atoms with E-state index in [1.807, 2.05) is 12.1 Å². The van der Waals surface area contributed by atoms with Crippen molar-refractivity contribution >= 4 is 11.1 Å². The van der Waals surface area contributed by atoms with E-state index in [2.05, 4.69) is 16.4 Å². The first kappa shape index (κ1) is 10.1. The molecule has 2 aromatic rings. The number of fused-ring (bicyclic) bond motifs is 1. The number of hydrogen-bond acceptors (Lipinski definition) is 4. The maximum Gasteiger partial charge on any atom is 0.181 e. The quantitative estimate of drug-likeness (QED) is 0.712. The molecule has 0 unspecified atom stereocenters. The molecule has 2 rings (SSSR count). The van der Waals surface area contributed by atoms with Gasteiger partial charge in [-0.15, -0.1) is 0 Å². The fourth-order valence-corrected chi connectivity index (χ4v) is 1.51. The van der Waals surface area contributed by atoms with E-state index in [9.17, 15) is 0 Å². The van der Waals surface area contributed by atoms with Crippen LogP contribution < -0.4 is 11.1 Å². The van der Waals surface area contributed by atoms with Gasteiger partial charge in [0.15, 0.2) is 12.0 Å². The largest absolute Gasteiger partial charge is 0.443 e. The third-order valence-electron chi connectivity index (χ3n) is 2.31. The Morgan fingerprint density at radius 1 is 1.33 bits per heavy atom. The van der Waals surface area contributed by atoms with Crippen molar-refractivity contribution in [3.05, 3.63) is 30.2 Å². The summed E-state index contributed by atoms with van der Waals surface area (Å²) in [6.45, 7) is 2.49. The number of hydrogen-bond donors (Lipinski definition) is 2. The van der Waals surface area contributed by atoms with Crippen LogP contribution in [-0.2, 0) is 6.42 Å². The fraction of sp³-hybridized carbons (Fsp3) is 0.364. The molecule has 0 fully saturated rings. The number of nitrogens with one attached hydrogen (secondary N) is 1. The van der Waals surface area contributed by atoms with Gasteiger partial charge < -0.3 is 15.5 Å². The predicted molar refractivity (Wildman–Crippen MR) is 59.6 cm³/mol. The summed E-state index contributed by atoms with van der Waals surface area (Å²) in [4.78, 5) is 4.07. The SMILES string of the molecule is NCCNCCc1ccc2ncoc2c1. The average Bonchev–Trinajstić information content (AvgIpc) is 2.71. The van der Waals surface area contributed by atoms with Gasteiger partial charge in [0.2, 0.25) is 0 Å². The van der Waals surface area contributed by atoms with Crippen LogP contribution >= 0.6 is 0 Å². The molecule has 0 radical (unpaired) electrons. The number of nitrogens with zero attached hydrogens (tertiary/aromatic N) is 1. The lowest BCUT2D eigenvalue weighted by atomic mass is 10.1. The zero-order valence-electron chi connectivity index (χ0n) is 8.57. The summed E-state index contributed by atoms with van der Waals surface area (Å²) in [6.07, 6.45) is 2.46. The highest BCUT2D eigenvalue weighted by Gasteiger charge is 1.99. The molecule has 3 N–H and O–H groups in total. The summed E-state index contributed by atoms with van der Waals surface area (Å²) in [5.74, 6) is 0. The van der Waals surface area contributed by atoms with Crippen LogP contribution in [0.2, 0.25) is 0 Å². The van der Waals surface area contributed by atoms with Crippen molar-refractivity contribution in [3.8, 4) is 0 Å². The molecule has 0 saturated heterocycles. The molecule has 0 amide bonds. The van der Waals surface area contributed by atoms with E-state index >= 15 is 0 Å². The highest BCUT2D eigenvalue weighted by Crippen LogP contribution is 2.14. The smallest absolute Gasteiger partial charge is 0.181 e. The standard InChI is InChI=1S/C11H15N3O/c12-4-6-13-5-3-9-1-2-10-11(7-9)15-8-14-10/h1-2,7-8,13H,3-6,12H2. The Morgan fingerprint density at radius 3 is 3.13 bits per heavy atom. The summed E-state index contributed by atoms with van der Waals surface area (Å²) >= 11 is 0. The number of aromatic nitrogens is 1. The lowest BCUT2D eigenvalue weighted by molar-refractivity contribution is 0.601. The molecule has 4 heteroatoms. The van der Waals surface area contributed by atoms with Crippen LogP contribution in [0.15, 0.2) is 29.0 Å². The number of nitrogens with two attached hydrogens (primary N) is 1. The van der Waals surface area contributed by atoms with E-state index in [-0.39, 0.29) is 0 Å². The lowest BCUT2D eigenvalue weighted by Gasteiger charge is -2.02. The van der Waals surface area contributed by atoms with E-state index in [0.29, 0.717) is 6.54 Å². The summed E-state index contributed by atoms with van der Waals surface area (Å²) in [7, 11) is 0. The lowest BCUT2D eigenvalue weighted by Crippen LogP contribution is -2.24. The van der Waals surface area contributed by atoms with Crippen LogP contribution in [0.5, 0.6) is 0 Å².